The standard InChI is InChI=1S/C14H18FN3/c1-3-18-11-7-4-6-10(15)12(11)17-13(18)14(2)8-5-9-16-14/h4,6-7,16H,3,5,8-9H2,1-2H3. The predicted molar refractivity (Wildman–Crippen MR) is 70.0 cm³/mol. The highest BCUT2D eigenvalue weighted by Gasteiger charge is 2.35. The molecule has 1 saturated heterocycles. The molecule has 18 heavy (non-hydrogen) atoms. The van der Waals surface area contributed by atoms with E-state index in [-0.39, 0.29) is 11.4 Å². The molecular weight excluding hydrogens is 229 g/mol. The Hall–Kier alpha value is -1.42. The van der Waals surface area contributed by atoms with Crippen molar-refractivity contribution < 1.29 is 4.39 Å². The van der Waals surface area contributed by atoms with Crippen molar-refractivity contribution in [3.8, 4) is 0 Å². The Morgan fingerprint density at radius 3 is 3.00 bits per heavy atom. The largest absolute Gasteiger partial charge is 0.327 e. The molecule has 1 fully saturated rings. The highest BCUT2D eigenvalue weighted by atomic mass is 19.1. The van der Waals surface area contributed by atoms with Gasteiger partial charge in [-0.2, -0.15) is 0 Å². The number of hydrogen-bond acceptors (Lipinski definition) is 2. The Bertz CT molecular complexity index is 582. The van der Waals surface area contributed by atoms with Gasteiger partial charge in [0, 0.05) is 6.54 Å². The molecule has 0 saturated carbocycles. The number of rotatable bonds is 2. The third-order valence-electron chi connectivity index (χ3n) is 3.91. The Kier molecular flexibility index (Phi) is 2.63. The maximum Gasteiger partial charge on any atom is 0.151 e. The van der Waals surface area contributed by atoms with Crippen LogP contribution in [-0.4, -0.2) is 16.1 Å². The maximum absolute atomic E-state index is 13.8. The Morgan fingerprint density at radius 1 is 1.50 bits per heavy atom. The normalized spacial score (nSPS) is 23.9. The number of benzene rings is 1. The van der Waals surface area contributed by atoms with Gasteiger partial charge in [0.2, 0.25) is 0 Å². The molecule has 1 aromatic carbocycles. The molecule has 3 rings (SSSR count). The molecule has 3 nitrogen and oxygen atoms in total. The van der Waals surface area contributed by atoms with Gasteiger partial charge in [0.15, 0.2) is 5.82 Å². The predicted octanol–water partition coefficient (Wildman–Crippen LogP) is 2.79. The molecule has 1 aliphatic heterocycles. The van der Waals surface area contributed by atoms with E-state index in [0.29, 0.717) is 5.52 Å². The summed E-state index contributed by atoms with van der Waals surface area (Å²) < 4.78 is 16.0. The van der Waals surface area contributed by atoms with Gasteiger partial charge in [-0.3, -0.25) is 0 Å². The van der Waals surface area contributed by atoms with Crippen molar-refractivity contribution in [1.82, 2.24) is 14.9 Å². The third-order valence-corrected chi connectivity index (χ3v) is 3.91. The third kappa shape index (κ3) is 1.56. The van der Waals surface area contributed by atoms with Gasteiger partial charge < -0.3 is 9.88 Å². The van der Waals surface area contributed by atoms with Crippen molar-refractivity contribution in [1.29, 1.82) is 0 Å². The summed E-state index contributed by atoms with van der Waals surface area (Å²) in [5.74, 6) is 0.727. The van der Waals surface area contributed by atoms with E-state index in [9.17, 15) is 4.39 Å². The summed E-state index contributed by atoms with van der Waals surface area (Å²) in [7, 11) is 0. The summed E-state index contributed by atoms with van der Waals surface area (Å²) in [6, 6.07) is 5.17. The Balaban J connectivity index is 2.26. The van der Waals surface area contributed by atoms with Crippen LogP contribution in [0.3, 0.4) is 0 Å². The van der Waals surface area contributed by atoms with Crippen molar-refractivity contribution in [2.45, 2.75) is 38.8 Å². The van der Waals surface area contributed by atoms with Crippen LogP contribution in [0.15, 0.2) is 18.2 Å². The zero-order chi connectivity index (χ0) is 12.8. The molecule has 0 radical (unpaired) electrons. The molecule has 1 N–H and O–H groups in total. The lowest BCUT2D eigenvalue weighted by Crippen LogP contribution is -2.36. The average Bonchev–Trinajstić information content (AvgIpc) is 2.94. The zero-order valence-electron chi connectivity index (χ0n) is 10.8. The first kappa shape index (κ1) is 11.7. The van der Waals surface area contributed by atoms with Crippen molar-refractivity contribution in [2.24, 2.45) is 0 Å². The summed E-state index contributed by atoms with van der Waals surface area (Å²) in [4.78, 5) is 4.56. The topological polar surface area (TPSA) is 29.9 Å². The smallest absolute Gasteiger partial charge is 0.151 e. The van der Waals surface area contributed by atoms with E-state index in [1.165, 1.54) is 6.07 Å². The maximum atomic E-state index is 13.8. The van der Waals surface area contributed by atoms with E-state index in [2.05, 4.69) is 28.7 Å². The number of aryl methyl sites for hydroxylation is 1. The van der Waals surface area contributed by atoms with Crippen LogP contribution < -0.4 is 5.32 Å². The first-order chi connectivity index (χ1) is 8.65. The second-order valence-electron chi connectivity index (χ2n) is 5.15. The van der Waals surface area contributed by atoms with Gasteiger partial charge in [-0.05, 0) is 45.4 Å². The van der Waals surface area contributed by atoms with Crippen molar-refractivity contribution in [3.63, 3.8) is 0 Å². The number of halogens is 1. The molecular formula is C14H18FN3. The van der Waals surface area contributed by atoms with Crippen molar-refractivity contribution in [2.75, 3.05) is 6.54 Å². The van der Waals surface area contributed by atoms with Crippen molar-refractivity contribution in [3.05, 3.63) is 29.8 Å². The monoisotopic (exact) mass is 247 g/mol. The highest BCUT2D eigenvalue weighted by Crippen LogP contribution is 2.32. The molecule has 96 valence electrons. The van der Waals surface area contributed by atoms with Crippen LogP contribution in [0.5, 0.6) is 0 Å². The molecule has 1 atom stereocenters. The summed E-state index contributed by atoms with van der Waals surface area (Å²) in [6.45, 7) is 6.05. The number of imidazole rings is 1. The molecule has 0 spiro atoms. The fourth-order valence-corrected chi connectivity index (χ4v) is 2.94. The Morgan fingerprint density at radius 2 is 2.33 bits per heavy atom. The lowest BCUT2D eigenvalue weighted by atomic mass is 9.99. The minimum atomic E-state index is -0.234. The van der Waals surface area contributed by atoms with Crippen LogP contribution in [0.25, 0.3) is 11.0 Å². The number of nitrogens with zero attached hydrogens (tertiary/aromatic N) is 2. The highest BCUT2D eigenvalue weighted by molar-refractivity contribution is 5.77. The van der Waals surface area contributed by atoms with E-state index in [1.807, 2.05) is 6.07 Å². The van der Waals surface area contributed by atoms with Crippen LogP contribution >= 0.6 is 0 Å². The fourth-order valence-electron chi connectivity index (χ4n) is 2.94. The van der Waals surface area contributed by atoms with Gasteiger partial charge in [-0.15, -0.1) is 0 Å². The number of nitrogens with one attached hydrogen (secondary N) is 1. The quantitative estimate of drug-likeness (QED) is 0.884. The molecule has 1 aromatic heterocycles. The first-order valence-corrected chi connectivity index (χ1v) is 6.56. The van der Waals surface area contributed by atoms with E-state index in [1.54, 1.807) is 6.07 Å². The van der Waals surface area contributed by atoms with Gasteiger partial charge in [0.25, 0.3) is 0 Å². The lowest BCUT2D eigenvalue weighted by molar-refractivity contribution is 0.391. The SMILES string of the molecule is CCn1c(C2(C)CCCN2)nc2c(F)cccc21. The molecule has 0 bridgehead atoms. The number of aromatic nitrogens is 2. The molecule has 2 heterocycles. The van der Waals surface area contributed by atoms with E-state index < -0.39 is 0 Å². The van der Waals surface area contributed by atoms with Crippen LogP contribution in [0.1, 0.15) is 32.5 Å². The second kappa shape index (κ2) is 4.05. The van der Waals surface area contributed by atoms with Gasteiger partial charge in [-0.1, -0.05) is 6.07 Å². The summed E-state index contributed by atoms with van der Waals surface area (Å²) in [5, 5.41) is 3.50. The zero-order valence-corrected chi connectivity index (χ0v) is 10.8. The van der Waals surface area contributed by atoms with Gasteiger partial charge >= 0.3 is 0 Å². The van der Waals surface area contributed by atoms with Crippen LogP contribution in [0.4, 0.5) is 4.39 Å². The number of hydrogen-bond donors (Lipinski definition) is 1. The van der Waals surface area contributed by atoms with Crippen molar-refractivity contribution >= 4 is 11.0 Å². The van der Waals surface area contributed by atoms with E-state index >= 15 is 0 Å². The Labute approximate surface area is 106 Å². The number of para-hydroxylation sites is 1. The van der Waals surface area contributed by atoms with E-state index in [0.717, 1.165) is 37.3 Å². The fraction of sp³-hybridized carbons (Fsp3) is 0.500. The second-order valence-corrected chi connectivity index (χ2v) is 5.15. The summed E-state index contributed by atoms with van der Waals surface area (Å²) in [6.07, 6.45) is 2.20. The van der Waals surface area contributed by atoms with E-state index in [4.69, 9.17) is 0 Å². The summed E-state index contributed by atoms with van der Waals surface area (Å²) >= 11 is 0. The van der Waals surface area contributed by atoms with Crippen LogP contribution in [0, 0.1) is 5.82 Å². The van der Waals surface area contributed by atoms with Crippen LogP contribution in [-0.2, 0) is 12.1 Å². The molecule has 4 heteroatoms. The molecule has 1 unspecified atom stereocenters. The first-order valence-electron chi connectivity index (χ1n) is 6.56. The van der Waals surface area contributed by atoms with Crippen LogP contribution in [0.2, 0.25) is 0 Å². The molecule has 1 aliphatic rings. The van der Waals surface area contributed by atoms with Gasteiger partial charge in [0.05, 0.1) is 11.1 Å². The average molecular weight is 247 g/mol. The molecule has 0 aliphatic carbocycles. The molecule has 0 amide bonds. The molecule has 2 aromatic rings. The lowest BCUT2D eigenvalue weighted by Gasteiger charge is -2.24. The summed E-state index contributed by atoms with van der Waals surface area (Å²) in [5.41, 5.74) is 1.26. The minimum Gasteiger partial charge on any atom is -0.327 e. The number of fused-ring (bicyclic) bond motifs is 1. The van der Waals surface area contributed by atoms with Gasteiger partial charge in [0.1, 0.15) is 11.3 Å². The van der Waals surface area contributed by atoms with Gasteiger partial charge in [-0.25, -0.2) is 9.37 Å². The minimum absolute atomic E-state index is 0.124.